The summed E-state index contributed by atoms with van der Waals surface area (Å²) in [6.45, 7) is 3.05. The molecule has 2 fully saturated rings. The van der Waals surface area contributed by atoms with Crippen molar-refractivity contribution in [2.24, 2.45) is 0 Å². The van der Waals surface area contributed by atoms with Crippen molar-refractivity contribution >= 4 is 21.8 Å². The molecule has 0 spiro atoms. The number of rotatable bonds is 7. The van der Waals surface area contributed by atoms with Gasteiger partial charge in [0, 0.05) is 32.7 Å². The molecule has 12 heteroatoms. The smallest absolute Gasteiger partial charge is 0.263 e. The molecule has 0 bridgehead atoms. The number of ether oxygens (including phenoxy) is 2. The van der Waals surface area contributed by atoms with Gasteiger partial charge in [-0.05, 0) is 24.3 Å². The predicted octanol–water partition coefficient (Wildman–Crippen LogP) is -1.27. The molecule has 0 radical (unpaired) electrons. The Bertz CT molecular complexity index is 856. The lowest BCUT2D eigenvalue weighted by Crippen LogP contribution is -2.63. The van der Waals surface area contributed by atoms with Crippen molar-refractivity contribution in [3.8, 4) is 5.75 Å². The van der Waals surface area contributed by atoms with Crippen LogP contribution in [0.5, 0.6) is 5.75 Å². The van der Waals surface area contributed by atoms with E-state index in [1.165, 1.54) is 41.8 Å². The highest BCUT2D eigenvalue weighted by Gasteiger charge is 2.43. The first-order valence-electron chi connectivity index (χ1n) is 9.54. The summed E-state index contributed by atoms with van der Waals surface area (Å²) in [6, 6.07) is 4.40. The van der Waals surface area contributed by atoms with Crippen molar-refractivity contribution in [2.75, 3.05) is 59.6 Å². The average Bonchev–Trinajstić information content (AvgIpc) is 2.78. The summed E-state index contributed by atoms with van der Waals surface area (Å²) < 4.78 is 37.4. The highest BCUT2D eigenvalue weighted by Crippen LogP contribution is 2.24. The van der Waals surface area contributed by atoms with Crippen molar-refractivity contribution in [1.29, 1.82) is 0 Å². The zero-order chi connectivity index (χ0) is 21.7. The van der Waals surface area contributed by atoms with Crippen LogP contribution < -0.4 is 10.2 Å². The molecule has 2 heterocycles. The summed E-state index contributed by atoms with van der Waals surface area (Å²) in [5, 5.41) is 9.13. The summed E-state index contributed by atoms with van der Waals surface area (Å²) in [7, 11) is -2.69. The summed E-state index contributed by atoms with van der Waals surface area (Å²) in [4.78, 5) is 28.5. The largest absolute Gasteiger partial charge is 0.497 e. The Morgan fingerprint density at radius 1 is 1.23 bits per heavy atom. The van der Waals surface area contributed by atoms with E-state index >= 15 is 0 Å². The lowest BCUT2D eigenvalue weighted by Gasteiger charge is -2.39. The van der Waals surface area contributed by atoms with E-state index in [4.69, 9.17) is 14.7 Å². The van der Waals surface area contributed by atoms with Crippen LogP contribution >= 0.6 is 0 Å². The van der Waals surface area contributed by atoms with E-state index in [2.05, 4.69) is 4.90 Å². The number of benzene rings is 1. The van der Waals surface area contributed by atoms with Gasteiger partial charge in [-0.15, -0.1) is 0 Å². The topological polar surface area (TPSA) is 129 Å². The van der Waals surface area contributed by atoms with Gasteiger partial charge in [-0.2, -0.15) is 4.31 Å². The minimum atomic E-state index is -4.15. The van der Waals surface area contributed by atoms with Crippen LogP contribution in [0.2, 0.25) is 0 Å². The Morgan fingerprint density at radius 2 is 1.90 bits per heavy atom. The molecular formula is C18H26N4O7S. The number of piperazine rings is 1. The number of sulfonamides is 1. The minimum absolute atomic E-state index is 0.0754. The van der Waals surface area contributed by atoms with Gasteiger partial charge in [0.15, 0.2) is 0 Å². The number of carbonyl (C=O) groups is 2. The second-order valence-corrected chi connectivity index (χ2v) is 8.90. The molecule has 2 aliphatic rings. The van der Waals surface area contributed by atoms with Crippen LogP contribution in [-0.2, 0) is 24.3 Å². The molecule has 2 aliphatic heterocycles. The number of amides is 2. The van der Waals surface area contributed by atoms with Crippen LogP contribution in [0.1, 0.15) is 0 Å². The maximum Gasteiger partial charge on any atom is 0.263 e. The molecule has 2 N–H and O–H groups in total. The Kier molecular flexibility index (Phi) is 7.26. The lowest BCUT2D eigenvalue weighted by atomic mass is 10.2. The number of hydrogen-bond acceptors (Lipinski definition) is 8. The molecule has 30 heavy (non-hydrogen) atoms. The quantitative estimate of drug-likeness (QED) is 0.395. The number of hydrogen-bond donors (Lipinski definition) is 2. The summed E-state index contributed by atoms with van der Waals surface area (Å²) in [6.07, 6.45) is 0. The molecule has 166 valence electrons. The molecule has 1 unspecified atom stereocenters. The lowest BCUT2D eigenvalue weighted by molar-refractivity contribution is -0.143. The van der Waals surface area contributed by atoms with E-state index in [-0.39, 0.29) is 11.4 Å². The van der Waals surface area contributed by atoms with Crippen molar-refractivity contribution in [3.05, 3.63) is 24.3 Å². The van der Waals surface area contributed by atoms with E-state index in [9.17, 15) is 18.0 Å². The Labute approximate surface area is 175 Å². The molecule has 2 saturated heterocycles. The molecule has 11 nitrogen and oxygen atoms in total. The first kappa shape index (κ1) is 22.4. The fourth-order valence-electron chi connectivity index (χ4n) is 3.47. The molecule has 0 saturated carbocycles. The minimum Gasteiger partial charge on any atom is -0.497 e. The van der Waals surface area contributed by atoms with E-state index in [1.54, 1.807) is 0 Å². The summed E-state index contributed by atoms with van der Waals surface area (Å²) in [5.74, 6) is -0.819. The van der Waals surface area contributed by atoms with E-state index in [0.29, 0.717) is 32.1 Å². The first-order chi connectivity index (χ1) is 14.4. The number of morpholine rings is 1. The molecule has 3 rings (SSSR count). The van der Waals surface area contributed by atoms with Gasteiger partial charge in [-0.25, -0.2) is 13.9 Å². The van der Waals surface area contributed by atoms with Gasteiger partial charge in [0.05, 0.1) is 31.8 Å². The second kappa shape index (κ2) is 9.71. The number of nitrogens with zero attached hydrogens (tertiary/aromatic N) is 3. The monoisotopic (exact) mass is 442 g/mol. The summed E-state index contributed by atoms with van der Waals surface area (Å²) >= 11 is 0. The highest BCUT2D eigenvalue weighted by atomic mass is 32.2. The van der Waals surface area contributed by atoms with Gasteiger partial charge in [-0.3, -0.25) is 19.7 Å². The molecule has 0 aliphatic carbocycles. The van der Waals surface area contributed by atoms with Crippen LogP contribution in [-0.4, -0.2) is 105 Å². The van der Waals surface area contributed by atoms with Crippen molar-refractivity contribution in [3.63, 3.8) is 0 Å². The van der Waals surface area contributed by atoms with Gasteiger partial charge < -0.3 is 14.4 Å². The van der Waals surface area contributed by atoms with Crippen LogP contribution in [0, 0.1) is 0 Å². The van der Waals surface area contributed by atoms with Gasteiger partial charge in [0.2, 0.25) is 15.9 Å². The normalized spacial score (nSPS) is 21.5. The Hall–Kier alpha value is -2.25. The molecule has 1 atom stereocenters. The third kappa shape index (κ3) is 4.90. The zero-order valence-corrected chi connectivity index (χ0v) is 17.5. The van der Waals surface area contributed by atoms with E-state index in [1.807, 2.05) is 0 Å². The van der Waals surface area contributed by atoms with Crippen LogP contribution in [0.25, 0.3) is 0 Å². The summed E-state index contributed by atoms with van der Waals surface area (Å²) in [5.41, 5.74) is 1.52. The van der Waals surface area contributed by atoms with Crippen LogP contribution in [0.15, 0.2) is 29.2 Å². The number of methoxy groups -OCH3 is 1. The Morgan fingerprint density at radius 3 is 2.50 bits per heavy atom. The third-order valence-electron chi connectivity index (χ3n) is 5.25. The number of hydroxylamine groups is 1. The maximum absolute atomic E-state index is 13.1. The van der Waals surface area contributed by atoms with Gasteiger partial charge in [0.1, 0.15) is 11.8 Å². The highest BCUT2D eigenvalue weighted by molar-refractivity contribution is 7.89. The fraction of sp³-hybridized carbons (Fsp3) is 0.556. The maximum atomic E-state index is 13.1. The molecule has 1 aromatic rings. The SMILES string of the molecule is COc1ccc(S(=O)(=O)N2CC(=O)N(CCN3CCOCC3)CC2C(=O)NO)cc1. The zero-order valence-electron chi connectivity index (χ0n) is 16.7. The second-order valence-electron chi connectivity index (χ2n) is 7.01. The fourth-order valence-corrected chi connectivity index (χ4v) is 5.00. The Balaban J connectivity index is 1.77. The number of nitrogens with one attached hydrogen (secondary N) is 1. The van der Waals surface area contributed by atoms with E-state index < -0.39 is 34.4 Å². The van der Waals surface area contributed by atoms with Gasteiger partial charge in [-0.1, -0.05) is 0 Å². The molecule has 2 amide bonds. The van der Waals surface area contributed by atoms with Crippen molar-refractivity contribution < 1.29 is 32.7 Å². The molecule has 0 aromatic heterocycles. The first-order valence-corrected chi connectivity index (χ1v) is 11.0. The third-order valence-corrected chi connectivity index (χ3v) is 7.12. The van der Waals surface area contributed by atoms with Crippen molar-refractivity contribution in [2.45, 2.75) is 10.9 Å². The van der Waals surface area contributed by atoms with Gasteiger partial charge in [0.25, 0.3) is 5.91 Å². The molecule has 1 aromatic carbocycles. The standard InChI is InChI=1S/C18H26N4O7S/c1-28-14-2-4-15(5-3-14)30(26,27)22-13-17(23)21(12-16(22)18(24)19-25)7-6-20-8-10-29-11-9-20/h2-5,16,25H,6-13H2,1H3,(H,19,24). The molecular weight excluding hydrogens is 416 g/mol. The average molecular weight is 442 g/mol. The van der Waals surface area contributed by atoms with E-state index in [0.717, 1.165) is 17.4 Å². The van der Waals surface area contributed by atoms with Gasteiger partial charge >= 0.3 is 0 Å². The van der Waals surface area contributed by atoms with Crippen LogP contribution in [0.3, 0.4) is 0 Å². The predicted molar refractivity (Wildman–Crippen MR) is 104 cm³/mol. The van der Waals surface area contributed by atoms with Crippen molar-refractivity contribution in [1.82, 2.24) is 19.6 Å². The van der Waals surface area contributed by atoms with Crippen LogP contribution in [0.4, 0.5) is 0 Å². The number of carbonyl (C=O) groups excluding carboxylic acids is 2.